The van der Waals surface area contributed by atoms with Gasteiger partial charge in [0.05, 0.1) is 9.75 Å². The summed E-state index contributed by atoms with van der Waals surface area (Å²) >= 11 is 1.53. The molecule has 1 unspecified atom stereocenters. The van der Waals surface area contributed by atoms with Crippen molar-refractivity contribution in [3.05, 3.63) is 21.4 Å². The fourth-order valence-corrected chi connectivity index (χ4v) is 2.76. The summed E-state index contributed by atoms with van der Waals surface area (Å²) in [6.45, 7) is 8.02. The number of carbonyl (C=O) groups excluding carboxylic acids is 1. The van der Waals surface area contributed by atoms with Gasteiger partial charge in [-0.25, -0.2) is 0 Å². The van der Waals surface area contributed by atoms with Gasteiger partial charge in [-0.1, -0.05) is 39.0 Å². The third-order valence-corrected chi connectivity index (χ3v) is 3.87. The maximum Gasteiger partial charge on any atom is 0.170 e. The Morgan fingerprint density at radius 2 is 2.24 bits per heavy atom. The maximum absolute atomic E-state index is 11.4. The zero-order chi connectivity index (χ0) is 12.8. The van der Waals surface area contributed by atoms with Crippen molar-refractivity contribution < 1.29 is 6.22 Å². The molecule has 0 saturated heterocycles. The fourth-order valence-electron chi connectivity index (χ4n) is 1.75. The van der Waals surface area contributed by atoms with Crippen molar-refractivity contribution in [1.82, 2.24) is 0 Å². The van der Waals surface area contributed by atoms with Crippen LogP contribution in [0.5, 0.6) is 0 Å². The molecule has 0 spiro atoms. The van der Waals surface area contributed by atoms with E-state index >= 15 is 0 Å². The summed E-state index contributed by atoms with van der Waals surface area (Å²) in [7, 11) is 0. The molecule has 0 radical (unpaired) electrons. The molecule has 0 bridgehead atoms. The van der Waals surface area contributed by atoms with Gasteiger partial charge < -0.3 is 0 Å². The summed E-state index contributed by atoms with van der Waals surface area (Å²) in [5.74, 6) is 7.04. The highest BCUT2D eigenvalue weighted by molar-refractivity contribution is 7.14. The number of Topliss-reactive ketones (excluding diaryl/α,β-unsaturated/α-hetero) is 1. The van der Waals surface area contributed by atoms with Gasteiger partial charge in [0.2, 0.25) is 0 Å². The Labute approximate surface area is 110 Å². The van der Waals surface area contributed by atoms with Crippen LogP contribution in [0.2, 0.25) is 0 Å². The zero-order valence-electron chi connectivity index (χ0n) is 11.1. The Bertz CT molecular complexity index is 451. The fraction of sp³-hybridized carbons (Fsp3) is 0.533. The van der Waals surface area contributed by atoms with E-state index in [0.29, 0.717) is 5.92 Å². The second-order valence-corrected chi connectivity index (χ2v) is 5.39. The molecule has 1 nitrogen and oxygen atoms in total. The molecule has 1 aromatic rings. The van der Waals surface area contributed by atoms with Crippen LogP contribution in [0.4, 0.5) is 0 Å². The number of hydrogen-bond acceptors (Lipinski definition) is 2. The molecule has 1 rings (SSSR count). The smallest absolute Gasteiger partial charge is 0.170 e. The van der Waals surface area contributed by atoms with Crippen LogP contribution in [0.3, 0.4) is 0 Å². The van der Waals surface area contributed by atoms with E-state index in [2.05, 4.69) is 38.7 Å². The minimum atomic E-state index is 0. The van der Waals surface area contributed by atoms with E-state index in [1.165, 1.54) is 17.8 Å². The molecule has 0 aliphatic carbocycles. The summed E-state index contributed by atoms with van der Waals surface area (Å²) in [4.78, 5) is 13.3. The van der Waals surface area contributed by atoms with Gasteiger partial charge in [0.15, 0.2) is 5.78 Å². The average molecular weight is 250 g/mol. The minimum Gasteiger partial charge on any atom is -0.294 e. The first-order chi connectivity index (χ1) is 8.08. The Hall–Kier alpha value is -1.07. The standard InChI is InChI=1S/C15H20OS.H2/c1-5-7-11(3)8-9-14-10-13(6-2)15(17-14)12(4)16;/h10-11H,5-7H2,1-4H3;1H. The number of aryl methyl sites for hydroxylation is 1. The van der Waals surface area contributed by atoms with E-state index in [4.69, 9.17) is 0 Å². The van der Waals surface area contributed by atoms with Crippen LogP contribution in [-0.2, 0) is 6.42 Å². The minimum absolute atomic E-state index is 0. The van der Waals surface area contributed by atoms with Crippen LogP contribution in [0.25, 0.3) is 0 Å². The van der Waals surface area contributed by atoms with E-state index < -0.39 is 0 Å². The normalized spacial score (nSPS) is 11.8. The van der Waals surface area contributed by atoms with Crippen molar-refractivity contribution in [2.75, 3.05) is 0 Å². The lowest BCUT2D eigenvalue weighted by Gasteiger charge is -1.97. The second kappa shape index (κ2) is 6.61. The van der Waals surface area contributed by atoms with E-state index in [9.17, 15) is 4.79 Å². The van der Waals surface area contributed by atoms with E-state index in [0.717, 1.165) is 28.2 Å². The average Bonchev–Trinajstić information content (AvgIpc) is 2.70. The lowest BCUT2D eigenvalue weighted by molar-refractivity contribution is 0.102. The van der Waals surface area contributed by atoms with E-state index in [1.807, 2.05) is 0 Å². The lowest BCUT2D eigenvalue weighted by atomic mass is 10.1. The van der Waals surface area contributed by atoms with Crippen molar-refractivity contribution in [3.8, 4) is 11.8 Å². The summed E-state index contributed by atoms with van der Waals surface area (Å²) < 4.78 is 0. The summed E-state index contributed by atoms with van der Waals surface area (Å²) in [6.07, 6.45) is 3.20. The molecule has 94 valence electrons. The van der Waals surface area contributed by atoms with Gasteiger partial charge in [0.25, 0.3) is 0 Å². The van der Waals surface area contributed by atoms with Gasteiger partial charge in [-0.05, 0) is 31.4 Å². The molecule has 1 heterocycles. The summed E-state index contributed by atoms with van der Waals surface area (Å²) in [5, 5.41) is 0. The third kappa shape index (κ3) is 4.02. The maximum atomic E-state index is 11.4. The number of rotatable bonds is 4. The molecular formula is C15H22OS. The van der Waals surface area contributed by atoms with Gasteiger partial charge in [-0.15, -0.1) is 11.3 Å². The van der Waals surface area contributed by atoms with E-state index in [1.54, 1.807) is 6.92 Å². The number of carbonyl (C=O) groups is 1. The topological polar surface area (TPSA) is 17.1 Å². The van der Waals surface area contributed by atoms with Crippen molar-refractivity contribution in [3.63, 3.8) is 0 Å². The molecule has 0 fully saturated rings. The van der Waals surface area contributed by atoms with Crippen molar-refractivity contribution >= 4 is 17.1 Å². The summed E-state index contributed by atoms with van der Waals surface area (Å²) in [6, 6.07) is 2.06. The highest BCUT2D eigenvalue weighted by atomic mass is 32.1. The van der Waals surface area contributed by atoms with Crippen molar-refractivity contribution in [1.29, 1.82) is 0 Å². The Morgan fingerprint density at radius 3 is 2.71 bits per heavy atom. The Kier molecular flexibility index (Phi) is 5.44. The first kappa shape index (κ1) is 14.0. The quantitative estimate of drug-likeness (QED) is 0.566. The number of ketones is 1. The Morgan fingerprint density at radius 1 is 1.53 bits per heavy atom. The summed E-state index contributed by atoms with van der Waals surface area (Å²) in [5.41, 5.74) is 1.13. The van der Waals surface area contributed by atoms with Gasteiger partial charge in [-0.3, -0.25) is 4.79 Å². The van der Waals surface area contributed by atoms with Crippen LogP contribution in [0.15, 0.2) is 6.07 Å². The SMILES string of the molecule is CCCC(C)C#Cc1cc(CC)c(C(C)=O)s1.[HH]. The number of thiophene rings is 1. The lowest BCUT2D eigenvalue weighted by Crippen LogP contribution is -1.91. The predicted molar refractivity (Wildman–Crippen MR) is 76.8 cm³/mol. The molecule has 0 saturated carbocycles. The highest BCUT2D eigenvalue weighted by Crippen LogP contribution is 2.23. The molecule has 2 heteroatoms. The van der Waals surface area contributed by atoms with Crippen molar-refractivity contribution in [2.24, 2.45) is 5.92 Å². The third-order valence-electron chi connectivity index (χ3n) is 2.67. The first-order valence-corrected chi connectivity index (χ1v) is 7.05. The molecular weight excluding hydrogens is 228 g/mol. The molecule has 0 aromatic carbocycles. The molecule has 0 aliphatic rings. The molecule has 0 N–H and O–H groups in total. The molecule has 1 atom stereocenters. The largest absolute Gasteiger partial charge is 0.294 e. The van der Waals surface area contributed by atoms with Crippen LogP contribution >= 0.6 is 11.3 Å². The van der Waals surface area contributed by atoms with Gasteiger partial charge in [0, 0.05) is 7.34 Å². The number of hydrogen-bond donors (Lipinski definition) is 0. The molecule has 17 heavy (non-hydrogen) atoms. The van der Waals surface area contributed by atoms with Crippen LogP contribution < -0.4 is 0 Å². The highest BCUT2D eigenvalue weighted by Gasteiger charge is 2.10. The first-order valence-electron chi connectivity index (χ1n) is 6.23. The Balaban J connectivity index is 0.00000289. The molecule has 1 aromatic heterocycles. The predicted octanol–water partition coefficient (Wildman–Crippen LogP) is 4.55. The van der Waals surface area contributed by atoms with Gasteiger partial charge in [-0.2, -0.15) is 0 Å². The van der Waals surface area contributed by atoms with Crippen LogP contribution in [0, 0.1) is 17.8 Å². The van der Waals surface area contributed by atoms with Gasteiger partial charge >= 0.3 is 0 Å². The van der Waals surface area contributed by atoms with E-state index in [-0.39, 0.29) is 7.21 Å². The second-order valence-electron chi connectivity index (χ2n) is 4.33. The monoisotopic (exact) mass is 250 g/mol. The molecule has 0 aliphatic heterocycles. The van der Waals surface area contributed by atoms with Crippen LogP contribution in [-0.4, -0.2) is 5.78 Å². The van der Waals surface area contributed by atoms with Gasteiger partial charge in [0.1, 0.15) is 0 Å². The van der Waals surface area contributed by atoms with Crippen molar-refractivity contribution in [2.45, 2.75) is 47.0 Å². The zero-order valence-corrected chi connectivity index (χ0v) is 11.9. The molecule has 0 amide bonds. The van der Waals surface area contributed by atoms with Crippen LogP contribution in [0.1, 0.15) is 62.1 Å².